The van der Waals surface area contributed by atoms with E-state index in [-0.39, 0.29) is 31.8 Å². The van der Waals surface area contributed by atoms with Gasteiger partial charge in [0.25, 0.3) is 0 Å². The maximum Gasteiger partial charge on any atom is 0.127 e. The van der Waals surface area contributed by atoms with Crippen molar-refractivity contribution in [2.75, 3.05) is 26.4 Å². The molecule has 0 radical (unpaired) electrons. The third-order valence-corrected chi connectivity index (χ3v) is 6.27. The highest BCUT2D eigenvalue weighted by atomic mass is 16.5. The summed E-state index contributed by atoms with van der Waals surface area (Å²) in [4.78, 5) is 0. The predicted molar refractivity (Wildman–Crippen MR) is 141 cm³/mol. The zero-order valence-electron chi connectivity index (χ0n) is 20.3. The smallest absolute Gasteiger partial charge is 0.127 e. The van der Waals surface area contributed by atoms with Crippen LogP contribution in [0.15, 0.2) is 97.1 Å². The van der Waals surface area contributed by atoms with Crippen LogP contribution in [-0.2, 0) is 5.41 Å². The number of hydrogen-bond donors (Lipinski definition) is 2. The molecule has 4 aromatic rings. The standard InChI is InChI=1S/C31H32O4/c1-31(2,25-13-15-29(34-19-17-32)27(21-25)23-9-5-3-6-10-23)26-14-16-30(35-20-18-33)28(22-26)24-11-7-4-8-12-24/h3-16,21-22,32-33H,17-20H2,1-2H3. The van der Waals surface area contributed by atoms with Crippen molar-refractivity contribution in [3.63, 3.8) is 0 Å². The zero-order chi connectivity index (χ0) is 24.7. The van der Waals surface area contributed by atoms with Crippen LogP contribution in [-0.4, -0.2) is 36.6 Å². The van der Waals surface area contributed by atoms with Crippen molar-refractivity contribution >= 4 is 0 Å². The van der Waals surface area contributed by atoms with E-state index in [4.69, 9.17) is 9.47 Å². The summed E-state index contributed by atoms with van der Waals surface area (Å²) in [6, 6.07) is 32.9. The molecule has 4 rings (SSSR count). The van der Waals surface area contributed by atoms with E-state index < -0.39 is 0 Å². The van der Waals surface area contributed by atoms with Crippen LogP contribution in [0.5, 0.6) is 11.5 Å². The van der Waals surface area contributed by atoms with Crippen molar-refractivity contribution in [2.24, 2.45) is 0 Å². The molecule has 0 saturated heterocycles. The van der Waals surface area contributed by atoms with E-state index in [0.717, 1.165) is 44.9 Å². The van der Waals surface area contributed by atoms with Crippen molar-refractivity contribution < 1.29 is 19.7 Å². The van der Waals surface area contributed by atoms with Gasteiger partial charge < -0.3 is 19.7 Å². The first-order valence-electron chi connectivity index (χ1n) is 11.9. The molecule has 0 aliphatic rings. The van der Waals surface area contributed by atoms with Crippen LogP contribution in [0.1, 0.15) is 25.0 Å². The SMILES string of the molecule is CC(C)(c1ccc(OCCO)c(-c2ccccc2)c1)c1ccc(OCCO)c(-c2ccccc2)c1. The Bertz CT molecular complexity index is 1140. The lowest BCUT2D eigenvalue weighted by molar-refractivity contribution is 0.202. The largest absolute Gasteiger partial charge is 0.491 e. The van der Waals surface area contributed by atoms with Crippen LogP contribution in [0.4, 0.5) is 0 Å². The zero-order valence-corrected chi connectivity index (χ0v) is 20.3. The van der Waals surface area contributed by atoms with Gasteiger partial charge in [-0.3, -0.25) is 0 Å². The van der Waals surface area contributed by atoms with Crippen LogP contribution < -0.4 is 9.47 Å². The monoisotopic (exact) mass is 468 g/mol. The lowest BCUT2D eigenvalue weighted by Crippen LogP contribution is -2.19. The first-order valence-corrected chi connectivity index (χ1v) is 11.9. The third-order valence-electron chi connectivity index (χ3n) is 6.27. The Labute approximate surface area is 207 Å². The molecular formula is C31H32O4. The van der Waals surface area contributed by atoms with Gasteiger partial charge in [0.2, 0.25) is 0 Å². The molecule has 0 spiro atoms. The van der Waals surface area contributed by atoms with E-state index in [0.29, 0.717) is 0 Å². The summed E-state index contributed by atoms with van der Waals surface area (Å²) in [5, 5.41) is 18.5. The predicted octanol–water partition coefficient (Wildman–Crippen LogP) is 6.09. The minimum Gasteiger partial charge on any atom is -0.491 e. The Morgan fingerprint density at radius 2 is 0.971 bits per heavy atom. The van der Waals surface area contributed by atoms with Crippen LogP contribution >= 0.6 is 0 Å². The summed E-state index contributed by atoms with van der Waals surface area (Å²) < 4.78 is 11.7. The van der Waals surface area contributed by atoms with Crippen LogP contribution in [0.3, 0.4) is 0 Å². The van der Waals surface area contributed by atoms with Crippen molar-refractivity contribution in [1.29, 1.82) is 0 Å². The number of aliphatic hydroxyl groups excluding tert-OH is 2. The molecule has 0 bridgehead atoms. The van der Waals surface area contributed by atoms with E-state index in [9.17, 15) is 10.2 Å². The average molecular weight is 469 g/mol. The second-order valence-corrected chi connectivity index (χ2v) is 8.92. The van der Waals surface area contributed by atoms with Crippen LogP contribution in [0.25, 0.3) is 22.3 Å². The molecule has 0 fully saturated rings. The Morgan fingerprint density at radius 3 is 1.34 bits per heavy atom. The maximum absolute atomic E-state index is 9.27. The molecule has 0 saturated carbocycles. The molecule has 4 heteroatoms. The Hall–Kier alpha value is -3.60. The summed E-state index contributed by atoms with van der Waals surface area (Å²) in [6.45, 7) is 4.85. The Morgan fingerprint density at radius 1 is 0.571 bits per heavy atom. The highest BCUT2D eigenvalue weighted by molar-refractivity contribution is 5.74. The van der Waals surface area contributed by atoms with Gasteiger partial charge in [-0.05, 0) is 46.5 Å². The van der Waals surface area contributed by atoms with Gasteiger partial charge in [-0.1, -0.05) is 86.6 Å². The molecule has 0 aliphatic heterocycles. The van der Waals surface area contributed by atoms with Gasteiger partial charge in [0, 0.05) is 16.5 Å². The highest BCUT2D eigenvalue weighted by Gasteiger charge is 2.26. The van der Waals surface area contributed by atoms with Gasteiger partial charge in [-0.2, -0.15) is 0 Å². The molecule has 0 aliphatic carbocycles. The van der Waals surface area contributed by atoms with Gasteiger partial charge in [0.05, 0.1) is 13.2 Å². The molecule has 0 atom stereocenters. The molecule has 0 unspecified atom stereocenters. The maximum atomic E-state index is 9.27. The number of aliphatic hydroxyl groups is 2. The number of ether oxygens (including phenoxy) is 2. The molecule has 0 heterocycles. The van der Waals surface area contributed by atoms with Crippen molar-refractivity contribution in [1.82, 2.24) is 0 Å². The number of rotatable bonds is 10. The number of hydrogen-bond acceptors (Lipinski definition) is 4. The van der Waals surface area contributed by atoms with E-state index >= 15 is 0 Å². The quantitative estimate of drug-likeness (QED) is 0.296. The molecule has 180 valence electrons. The molecule has 2 N–H and O–H groups in total. The molecule has 4 aromatic carbocycles. The minimum atomic E-state index is -0.307. The lowest BCUT2D eigenvalue weighted by Gasteiger charge is -2.28. The van der Waals surface area contributed by atoms with E-state index in [1.165, 1.54) is 0 Å². The summed E-state index contributed by atoms with van der Waals surface area (Å²) in [6.07, 6.45) is 0. The summed E-state index contributed by atoms with van der Waals surface area (Å²) >= 11 is 0. The van der Waals surface area contributed by atoms with Crippen LogP contribution in [0, 0.1) is 0 Å². The van der Waals surface area contributed by atoms with Gasteiger partial charge in [0.15, 0.2) is 0 Å². The van der Waals surface area contributed by atoms with Crippen molar-refractivity contribution in [2.45, 2.75) is 19.3 Å². The van der Waals surface area contributed by atoms with E-state index in [2.05, 4.69) is 62.4 Å². The molecule has 0 aromatic heterocycles. The summed E-state index contributed by atoms with van der Waals surface area (Å²) in [5.74, 6) is 1.50. The molecule has 4 nitrogen and oxygen atoms in total. The van der Waals surface area contributed by atoms with Crippen molar-refractivity contribution in [3.8, 4) is 33.8 Å². The molecule has 0 amide bonds. The fourth-order valence-electron chi connectivity index (χ4n) is 4.25. The van der Waals surface area contributed by atoms with Gasteiger partial charge in [0.1, 0.15) is 24.7 Å². The second kappa shape index (κ2) is 11.2. The van der Waals surface area contributed by atoms with Gasteiger partial charge in [-0.15, -0.1) is 0 Å². The van der Waals surface area contributed by atoms with Gasteiger partial charge in [-0.25, -0.2) is 0 Å². The summed E-state index contributed by atoms with van der Waals surface area (Å²) in [7, 11) is 0. The normalized spacial score (nSPS) is 11.3. The number of benzene rings is 4. The average Bonchev–Trinajstić information content (AvgIpc) is 2.91. The van der Waals surface area contributed by atoms with Crippen LogP contribution in [0.2, 0.25) is 0 Å². The highest BCUT2D eigenvalue weighted by Crippen LogP contribution is 2.41. The fraction of sp³-hybridized carbons (Fsp3) is 0.226. The Kier molecular flexibility index (Phi) is 7.86. The first kappa shape index (κ1) is 24.5. The van der Waals surface area contributed by atoms with E-state index in [1.54, 1.807) is 0 Å². The summed E-state index contributed by atoms with van der Waals surface area (Å²) in [5.41, 5.74) is 6.11. The second-order valence-electron chi connectivity index (χ2n) is 8.92. The molecule has 35 heavy (non-hydrogen) atoms. The molecular weight excluding hydrogens is 436 g/mol. The third kappa shape index (κ3) is 5.56. The van der Waals surface area contributed by atoms with E-state index in [1.807, 2.05) is 48.5 Å². The van der Waals surface area contributed by atoms with Gasteiger partial charge >= 0.3 is 0 Å². The first-order chi connectivity index (χ1) is 17.0. The van der Waals surface area contributed by atoms with Crippen molar-refractivity contribution in [3.05, 3.63) is 108 Å². The minimum absolute atomic E-state index is 0.0333. The fourth-order valence-corrected chi connectivity index (χ4v) is 4.25. The Balaban J connectivity index is 1.79. The lowest BCUT2D eigenvalue weighted by atomic mass is 9.76. The topological polar surface area (TPSA) is 58.9 Å².